The van der Waals surface area contributed by atoms with E-state index in [1.807, 2.05) is 0 Å². The van der Waals surface area contributed by atoms with Crippen LogP contribution in [0.1, 0.15) is 20.3 Å². The van der Waals surface area contributed by atoms with Gasteiger partial charge in [0, 0.05) is 12.1 Å². The summed E-state index contributed by atoms with van der Waals surface area (Å²) < 4.78 is 0. The second-order valence-electron chi connectivity index (χ2n) is 1.60. The van der Waals surface area contributed by atoms with E-state index in [2.05, 4.69) is 25.2 Å². The first-order valence-corrected chi connectivity index (χ1v) is 2.52. The van der Waals surface area contributed by atoms with Crippen LogP contribution in [0.5, 0.6) is 0 Å². The molecule has 40 valence electrons. The molecule has 0 spiro atoms. The Bertz CT molecular complexity index is 70.7. The molecule has 0 saturated heterocycles. The minimum Gasteiger partial charge on any atom is -0.343 e. The molecular formula is C6H11N. The zero-order valence-corrected chi connectivity index (χ0v) is 4.86. The normalized spacial score (nSPS) is 12.1. The van der Waals surface area contributed by atoms with Crippen LogP contribution in [0.15, 0.2) is 0 Å². The van der Waals surface area contributed by atoms with E-state index in [4.69, 9.17) is 6.42 Å². The number of nitrogens with one attached hydrogen (secondary N) is 1. The van der Waals surface area contributed by atoms with Crippen molar-refractivity contribution in [2.75, 3.05) is 0 Å². The van der Waals surface area contributed by atoms with E-state index in [9.17, 15) is 0 Å². The fourth-order valence-electron chi connectivity index (χ4n) is 0.244. The molecule has 1 atom stereocenters. The minimum atomic E-state index is 0.463. The molecule has 0 heterocycles. The van der Waals surface area contributed by atoms with Crippen LogP contribution in [-0.4, -0.2) is 6.04 Å². The van der Waals surface area contributed by atoms with Gasteiger partial charge in [-0.2, -0.15) is 0 Å². The SMILES string of the molecule is C#CNC(C)CC. The van der Waals surface area contributed by atoms with E-state index in [-0.39, 0.29) is 0 Å². The largest absolute Gasteiger partial charge is 0.343 e. The van der Waals surface area contributed by atoms with E-state index >= 15 is 0 Å². The van der Waals surface area contributed by atoms with Crippen LogP contribution in [0.2, 0.25) is 0 Å². The quantitative estimate of drug-likeness (QED) is 0.400. The standard InChI is InChI=1S/C6H11N/c1-4-6(3)7-5-2/h2,6-7H,4H2,1,3H3. The van der Waals surface area contributed by atoms with Gasteiger partial charge in [0.05, 0.1) is 0 Å². The van der Waals surface area contributed by atoms with Crippen LogP contribution < -0.4 is 5.32 Å². The van der Waals surface area contributed by atoms with Gasteiger partial charge < -0.3 is 5.32 Å². The number of terminal acetylenes is 1. The highest BCUT2D eigenvalue weighted by molar-refractivity contribution is 4.82. The maximum absolute atomic E-state index is 4.94. The Morgan fingerprint density at radius 3 is 2.57 bits per heavy atom. The van der Waals surface area contributed by atoms with Crippen molar-refractivity contribution >= 4 is 0 Å². The second-order valence-corrected chi connectivity index (χ2v) is 1.60. The van der Waals surface area contributed by atoms with E-state index in [1.165, 1.54) is 0 Å². The fourth-order valence-corrected chi connectivity index (χ4v) is 0.244. The van der Waals surface area contributed by atoms with Crippen LogP contribution in [0.3, 0.4) is 0 Å². The van der Waals surface area contributed by atoms with Gasteiger partial charge in [-0.05, 0) is 13.3 Å². The summed E-state index contributed by atoms with van der Waals surface area (Å²) in [7, 11) is 0. The highest BCUT2D eigenvalue weighted by Gasteiger charge is 1.88. The molecule has 7 heavy (non-hydrogen) atoms. The average molecular weight is 97.2 g/mol. The van der Waals surface area contributed by atoms with Crippen LogP contribution in [0.4, 0.5) is 0 Å². The zero-order valence-electron chi connectivity index (χ0n) is 4.86. The maximum Gasteiger partial charge on any atom is 0.0309 e. The smallest absolute Gasteiger partial charge is 0.0309 e. The molecule has 1 heteroatoms. The number of hydrogen-bond donors (Lipinski definition) is 1. The van der Waals surface area contributed by atoms with Gasteiger partial charge in [-0.1, -0.05) is 13.3 Å². The lowest BCUT2D eigenvalue weighted by atomic mass is 10.3. The molecule has 0 amide bonds. The summed E-state index contributed by atoms with van der Waals surface area (Å²) in [5.41, 5.74) is 0. The van der Waals surface area contributed by atoms with Gasteiger partial charge in [-0.15, -0.1) is 0 Å². The Kier molecular flexibility index (Phi) is 3.22. The summed E-state index contributed by atoms with van der Waals surface area (Å²) in [4.78, 5) is 0. The van der Waals surface area contributed by atoms with Crippen molar-refractivity contribution in [3.05, 3.63) is 0 Å². The van der Waals surface area contributed by atoms with Crippen molar-refractivity contribution in [3.63, 3.8) is 0 Å². The monoisotopic (exact) mass is 97.1 g/mol. The Hall–Kier alpha value is -0.640. The molecule has 1 N–H and O–H groups in total. The average Bonchev–Trinajstić information content (AvgIpc) is 1.68. The van der Waals surface area contributed by atoms with Crippen LogP contribution in [0, 0.1) is 12.5 Å². The molecule has 0 aromatic rings. The summed E-state index contributed by atoms with van der Waals surface area (Å²) in [5, 5.41) is 2.82. The first-order chi connectivity index (χ1) is 3.31. The molecule has 0 rings (SSSR count). The highest BCUT2D eigenvalue weighted by Crippen LogP contribution is 1.83. The lowest BCUT2D eigenvalue weighted by Gasteiger charge is -2.02. The summed E-state index contributed by atoms with van der Waals surface area (Å²) >= 11 is 0. The molecule has 0 saturated carbocycles. The van der Waals surface area contributed by atoms with Crippen LogP contribution >= 0.6 is 0 Å². The fraction of sp³-hybridized carbons (Fsp3) is 0.667. The van der Waals surface area contributed by atoms with Crippen LogP contribution in [0.25, 0.3) is 0 Å². The van der Waals surface area contributed by atoms with E-state index < -0.39 is 0 Å². The van der Waals surface area contributed by atoms with Gasteiger partial charge in [0.15, 0.2) is 0 Å². The Balaban J connectivity index is 3.03. The summed E-state index contributed by atoms with van der Waals surface area (Å²) in [6.45, 7) is 4.15. The number of rotatable bonds is 2. The summed E-state index contributed by atoms with van der Waals surface area (Å²) in [6, 6.07) is 2.83. The first kappa shape index (κ1) is 6.36. The molecule has 0 aliphatic carbocycles. The third kappa shape index (κ3) is 3.18. The Labute approximate surface area is 45.1 Å². The van der Waals surface area contributed by atoms with Crippen molar-refractivity contribution in [3.8, 4) is 12.5 Å². The molecule has 0 aliphatic rings. The van der Waals surface area contributed by atoms with Crippen molar-refractivity contribution in [1.82, 2.24) is 5.32 Å². The van der Waals surface area contributed by atoms with Crippen molar-refractivity contribution in [1.29, 1.82) is 0 Å². The lowest BCUT2D eigenvalue weighted by molar-refractivity contribution is 0.633. The molecule has 1 nitrogen and oxygen atoms in total. The maximum atomic E-state index is 4.94. The first-order valence-electron chi connectivity index (χ1n) is 2.52. The topological polar surface area (TPSA) is 12.0 Å². The van der Waals surface area contributed by atoms with E-state index in [0.29, 0.717) is 6.04 Å². The van der Waals surface area contributed by atoms with Crippen molar-refractivity contribution in [2.24, 2.45) is 0 Å². The summed E-state index contributed by atoms with van der Waals surface area (Å²) in [5.74, 6) is 0. The zero-order chi connectivity index (χ0) is 5.70. The Morgan fingerprint density at radius 1 is 1.86 bits per heavy atom. The molecule has 1 unspecified atom stereocenters. The van der Waals surface area contributed by atoms with E-state index in [1.54, 1.807) is 0 Å². The van der Waals surface area contributed by atoms with Gasteiger partial charge in [0.1, 0.15) is 0 Å². The highest BCUT2D eigenvalue weighted by atomic mass is 14.9. The molecule has 0 aromatic heterocycles. The van der Waals surface area contributed by atoms with Crippen molar-refractivity contribution < 1.29 is 0 Å². The molecule has 0 bridgehead atoms. The predicted octanol–water partition coefficient (Wildman–Crippen LogP) is 0.965. The Morgan fingerprint density at radius 2 is 2.43 bits per heavy atom. The van der Waals surface area contributed by atoms with E-state index in [0.717, 1.165) is 6.42 Å². The van der Waals surface area contributed by atoms with Gasteiger partial charge in [-0.25, -0.2) is 0 Å². The molecule has 0 aromatic carbocycles. The molecule has 0 aliphatic heterocycles. The van der Waals surface area contributed by atoms with Gasteiger partial charge in [0.25, 0.3) is 0 Å². The third-order valence-electron chi connectivity index (χ3n) is 0.942. The van der Waals surface area contributed by atoms with Gasteiger partial charge in [-0.3, -0.25) is 0 Å². The molecular weight excluding hydrogens is 86.1 g/mol. The van der Waals surface area contributed by atoms with Gasteiger partial charge >= 0.3 is 0 Å². The summed E-state index contributed by atoms with van der Waals surface area (Å²) in [6.07, 6.45) is 6.03. The van der Waals surface area contributed by atoms with Crippen LogP contribution in [-0.2, 0) is 0 Å². The van der Waals surface area contributed by atoms with Gasteiger partial charge in [0.2, 0.25) is 0 Å². The third-order valence-corrected chi connectivity index (χ3v) is 0.942. The second kappa shape index (κ2) is 3.55. The lowest BCUT2D eigenvalue weighted by Crippen LogP contribution is -2.18. The number of hydrogen-bond acceptors (Lipinski definition) is 1. The predicted molar refractivity (Wildman–Crippen MR) is 31.7 cm³/mol. The van der Waals surface area contributed by atoms with Crippen molar-refractivity contribution in [2.45, 2.75) is 26.3 Å². The molecule has 0 radical (unpaired) electrons. The minimum absolute atomic E-state index is 0.463. The molecule has 0 fully saturated rings.